The van der Waals surface area contributed by atoms with Crippen LogP contribution in [0.3, 0.4) is 0 Å². The maximum absolute atomic E-state index is 11.4. The lowest BCUT2D eigenvalue weighted by Crippen LogP contribution is -2.28. The van der Waals surface area contributed by atoms with Crippen molar-refractivity contribution in [2.75, 3.05) is 12.4 Å². The third-order valence-corrected chi connectivity index (χ3v) is 2.62. The van der Waals surface area contributed by atoms with Crippen molar-refractivity contribution in [1.29, 1.82) is 0 Å². The molecule has 0 radical (unpaired) electrons. The molecule has 1 atom stereocenters. The highest BCUT2D eigenvalue weighted by molar-refractivity contribution is 6.18. The van der Waals surface area contributed by atoms with E-state index in [0.29, 0.717) is 31.2 Å². The molecule has 15 heavy (non-hydrogen) atoms. The number of furan rings is 1. The Bertz CT molecular complexity index is 285. The zero-order chi connectivity index (χ0) is 11.1. The fraction of sp³-hybridized carbons (Fsp3) is 0.545. The molecule has 4 heteroatoms. The summed E-state index contributed by atoms with van der Waals surface area (Å²) in [6.45, 7) is 2.64. The van der Waals surface area contributed by atoms with Crippen molar-refractivity contribution in [3.05, 3.63) is 24.2 Å². The summed E-state index contributed by atoms with van der Waals surface area (Å²) in [6.07, 6.45) is 2.72. The molecular formula is C11H16ClNO2. The Hall–Kier alpha value is -0.960. The third kappa shape index (κ3) is 4.88. The highest BCUT2D eigenvalue weighted by Gasteiger charge is 2.05. The van der Waals surface area contributed by atoms with Gasteiger partial charge < -0.3 is 9.73 Å². The molecule has 0 fully saturated rings. The van der Waals surface area contributed by atoms with E-state index in [2.05, 4.69) is 5.32 Å². The molecule has 0 saturated carbocycles. The van der Waals surface area contributed by atoms with Crippen molar-refractivity contribution < 1.29 is 9.21 Å². The van der Waals surface area contributed by atoms with Gasteiger partial charge in [-0.1, -0.05) is 6.92 Å². The lowest BCUT2D eigenvalue weighted by Gasteiger charge is -2.08. The number of aryl methyl sites for hydroxylation is 1. The summed E-state index contributed by atoms with van der Waals surface area (Å²) in [6, 6.07) is 3.69. The number of halogens is 1. The molecule has 1 amide bonds. The molecule has 84 valence electrons. The number of nitrogens with one attached hydrogen (secondary N) is 1. The zero-order valence-electron chi connectivity index (χ0n) is 8.83. The molecule has 1 heterocycles. The fourth-order valence-corrected chi connectivity index (χ4v) is 1.23. The van der Waals surface area contributed by atoms with Gasteiger partial charge in [0.2, 0.25) is 5.91 Å². The van der Waals surface area contributed by atoms with E-state index >= 15 is 0 Å². The number of hydrogen-bond donors (Lipinski definition) is 1. The van der Waals surface area contributed by atoms with Crippen molar-refractivity contribution in [3.8, 4) is 0 Å². The standard InChI is InChI=1S/C11H16ClNO2/c1-9(7-12)8-13-11(14)5-4-10-3-2-6-15-10/h2-3,6,9H,4-5,7-8H2,1H3,(H,13,14). The number of carbonyl (C=O) groups is 1. The van der Waals surface area contributed by atoms with Gasteiger partial charge in [-0.2, -0.15) is 0 Å². The second-order valence-electron chi connectivity index (χ2n) is 3.64. The lowest BCUT2D eigenvalue weighted by atomic mass is 10.2. The molecule has 3 nitrogen and oxygen atoms in total. The van der Waals surface area contributed by atoms with E-state index in [1.54, 1.807) is 6.26 Å². The summed E-state index contributed by atoms with van der Waals surface area (Å²) in [5.74, 6) is 1.77. The Kier molecular flexibility index (Phi) is 5.26. The predicted molar refractivity (Wildman–Crippen MR) is 59.9 cm³/mol. The number of hydrogen-bond acceptors (Lipinski definition) is 2. The molecular weight excluding hydrogens is 214 g/mol. The lowest BCUT2D eigenvalue weighted by molar-refractivity contribution is -0.121. The van der Waals surface area contributed by atoms with E-state index in [9.17, 15) is 4.79 Å². The van der Waals surface area contributed by atoms with Gasteiger partial charge in [-0.05, 0) is 18.1 Å². The molecule has 0 spiro atoms. The van der Waals surface area contributed by atoms with Crippen LogP contribution >= 0.6 is 11.6 Å². The molecule has 1 rings (SSSR count). The van der Waals surface area contributed by atoms with Gasteiger partial charge >= 0.3 is 0 Å². The van der Waals surface area contributed by atoms with Crippen molar-refractivity contribution >= 4 is 17.5 Å². The van der Waals surface area contributed by atoms with Crippen LogP contribution in [-0.2, 0) is 11.2 Å². The first-order valence-electron chi connectivity index (χ1n) is 5.07. The highest BCUT2D eigenvalue weighted by Crippen LogP contribution is 2.03. The Balaban J connectivity index is 2.14. The molecule has 1 N–H and O–H groups in total. The molecule has 1 unspecified atom stereocenters. The van der Waals surface area contributed by atoms with Crippen LogP contribution in [0, 0.1) is 5.92 Å². The first kappa shape index (κ1) is 12.1. The Morgan fingerprint density at radius 2 is 2.47 bits per heavy atom. The van der Waals surface area contributed by atoms with Crippen LogP contribution in [0.4, 0.5) is 0 Å². The van der Waals surface area contributed by atoms with E-state index < -0.39 is 0 Å². The average molecular weight is 230 g/mol. The minimum Gasteiger partial charge on any atom is -0.469 e. The van der Waals surface area contributed by atoms with Crippen LogP contribution in [0.1, 0.15) is 19.1 Å². The van der Waals surface area contributed by atoms with Gasteiger partial charge in [-0.15, -0.1) is 11.6 Å². The van der Waals surface area contributed by atoms with Crippen molar-refractivity contribution in [3.63, 3.8) is 0 Å². The minimum atomic E-state index is 0.0448. The normalized spacial score (nSPS) is 12.4. The summed E-state index contributed by atoms with van der Waals surface area (Å²) in [7, 11) is 0. The molecule has 1 aromatic heterocycles. The number of rotatable bonds is 6. The van der Waals surface area contributed by atoms with Crippen molar-refractivity contribution in [2.24, 2.45) is 5.92 Å². The predicted octanol–water partition coefficient (Wildman–Crippen LogP) is 2.20. The third-order valence-electron chi connectivity index (χ3n) is 2.09. The SMILES string of the molecule is CC(CCl)CNC(=O)CCc1ccco1. The minimum absolute atomic E-state index is 0.0448. The molecule has 0 aliphatic carbocycles. The maximum atomic E-state index is 11.4. The van der Waals surface area contributed by atoms with Gasteiger partial charge in [0.25, 0.3) is 0 Å². The first-order chi connectivity index (χ1) is 7.22. The van der Waals surface area contributed by atoms with Crippen LogP contribution in [0.2, 0.25) is 0 Å². The van der Waals surface area contributed by atoms with Gasteiger partial charge in [-0.3, -0.25) is 4.79 Å². The topological polar surface area (TPSA) is 42.2 Å². The van der Waals surface area contributed by atoms with E-state index in [-0.39, 0.29) is 5.91 Å². The number of amides is 1. The van der Waals surface area contributed by atoms with Crippen LogP contribution in [0.5, 0.6) is 0 Å². The zero-order valence-corrected chi connectivity index (χ0v) is 9.59. The van der Waals surface area contributed by atoms with Crippen LogP contribution in [-0.4, -0.2) is 18.3 Å². The van der Waals surface area contributed by atoms with Crippen molar-refractivity contribution in [2.45, 2.75) is 19.8 Å². The van der Waals surface area contributed by atoms with Gasteiger partial charge in [-0.25, -0.2) is 0 Å². The Morgan fingerprint density at radius 3 is 3.07 bits per heavy atom. The van der Waals surface area contributed by atoms with Gasteiger partial charge in [0.15, 0.2) is 0 Å². The second-order valence-corrected chi connectivity index (χ2v) is 3.95. The van der Waals surface area contributed by atoms with E-state index in [0.717, 1.165) is 5.76 Å². The number of carbonyl (C=O) groups excluding carboxylic acids is 1. The molecule has 0 bridgehead atoms. The van der Waals surface area contributed by atoms with Crippen LogP contribution in [0.25, 0.3) is 0 Å². The van der Waals surface area contributed by atoms with Gasteiger partial charge in [0.1, 0.15) is 5.76 Å². The summed E-state index contributed by atoms with van der Waals surface area (Å²) in [5.41, 5.74) is 0. The largest absolute Gasteiger partial charge is 0.469 e. The summed E-state index contributed by atoms with van der Waals surface area (Å²) >= 11 is 5.63. The monoisotopic (exact) mass is 229 g/mol. The molecule has 0 aromatic carbocycles. The Labute approximate surface area is 94.8 Å². The molecule has 0 saturated heterocycles. The maximum Gasteiger partial charge on any atom is 0.220 e. The summed E-state index contributed by atoms with van der Waals surface area (Å²) in [5, 5.41) is 2.83. The van der Waals surface area contributed by atoms with E-state index in [1.807, 2.05) is 19.1 Å². The molecule has 0 aliphatic heterocycles. The fourth-order valence-electron chi connectivity index (χ4n) is 1.12. The van der Waals surface area contributed by atoms with Gasteiger partial charge in [0, 0.05) is 25.3 Å². The quantitative estimate of drug-likeness (QED) is 0.760. The molecule has 0 aliphatic rings. The van der Waals surface area contributed by atoms with Crippen LogP contribution in [0.15, 0.2) is 22.8 Å². The number of alkyl halides is 1. The highest BCUT2D eigenvalue weighted by atomic mass is 35.5. The summed E-state index contributed by atoms with van der Waals surface area (Å²) in [4.78, 5) is 11.4. The Morgan fingerprint density at radius 1 is 1.67 bits per heavy atom. The van der Waals surface area contributed by atoms with E-state index in [4.69, 9.17) is 16.0 Å². The first-order valence-corrected chi connectivity index (χ1v) is 5.61. The molecule has 1 aromatic rings. The van der Waals surface area contributed by atoms with Gasteiger partial charge in [0.05, 0.1) is 6.26 Å². The van der Waals surface area contributed by atoms with Crippen molar-refractivity contribution in [1.82, 2.24) is 5.32 Å². The van der Waals surface area contributed by atoms with E-state index in [1.165, 1.54) is 0 Å². The summed E-state index contributed by atoms with van der Waals surface area (Å²) < 4.78 is 5.13. The average Bonchev–Trinajstić information content (AvgIpc) is 2.75. The van der Waals surface area contributed by atoms with Crippen LogP contribution < -0.4 is 5.32 Å². The smallest absolute Gasteiger partial charge is 0.220 e. The second kappa shape index (κ2) is 6.51.